The van der Waals surface area contributed by atoms with Crippen molar-refractivity contribution in [3.8, 4) is 0 Å². The van der Waals surface area contributed by atoms with Gasteiger partial charge in [0.1, 0.15) is 18.3 Å². The highest BCUT2D eigenvalue weighted by atomic mass is 32.1. The van der Waals surface area contributed by atoms with Gasteiger partial charge in [-0.3, -0.25) is 19.2 Å². The van der Waals surface area contributed by atoms with E-state index in [2.05, 4.69) is 46.6 Å². The van der Waals surface area contributed by atoms with E-state index in [0.717, 1.165) is 20.0 Å². The summed E-state index contributed by atoms with van der Waals surface area (Å²) in [4.78, 5) is 69.8. The van der Waals surface area contributed by atoms with Crippen molar-refractivity contribution in [1.29, 1.82) is 0 Å². The second-order valence-electron chi connectivity index (χ2n) is 13.2. The molecule has 0 bridgehead atoms. The number of carbonyl (C=O) groups excluding carboxylic acids is 5. The zero-order valence-corrected chi connectivity index (χ0v) is 29.8. The first-order chi connectivity index (χ1) is 21.6. The summed E-state index contributed by atoms with van der Waals surface area (Å²) in [6, 6.07) is -2.29. The van der Waals surface area contributed by atoms with Crippen LogP contribution in [0, 0.1) is 5.92 Å². The zero-order valence-electron chi connectivity index (χ0n) is 27.9. The lowest BCUT2D eigenvalue weighted by Crippen LogP contribution is -2.56. The van der Waals surface area contributed by atoms with Gasteiger partial charge < -0.3 is 39.5 Å². The molecule has 2 aliphatic rings. The van der Waals surface area contributed by atoms with E-state index in [9.17, 15) is 24.0 Å². The van der Waals surface area contributed by atoms with E-state index in [1.807, 2.05) is 13.1 Å². The SMILES string of the molecule is COC(=O)[C@H](COC(C)=O)NC(=O)[C@H](CO[Si](C)(C)C(C)(C)C)NC(=O)c1csc(N2CCC(C(=O)NC3CCOCC3)CC2)n1. The molecule has 2 atom stereocenters. The standard InChI is InChI=1S/C30H49N5O9SSi/c1-19(36)43-16-23(28(40)41-5)33-26(38)22(17-44-46(6,7)30(2,3)4)32-27(39)24-18-45-29(34-24)35-12-8-20(9-13-35)25(37)31-21-10-14-42-15-11-21/h18,20-23H,8-17H2,1-7H3,(H,31,37)(H,32,39)(H,33,38)/t22-,23-/m0/s1. The second-order valence-corrected chi connectivity index (χ2v) is 18.8. The molecule has 0 unspecified atom stereocenters. The fourth-order valence-electron chi connectivity index (χ4n) is 4.71. The normalized spacial score (nSPS) is 17.8. The smallest absolute Gasteiger partial charge is 0.331 e. The van der Waals surface area contributed by atoms with Crippen molar-refractivity contribution in [1.82, 2.24) is 20.9 Å². The van der Waals surface area contributed by atoms with Gasteiger partial charge in [-0.15, -0.1) is 11.3 Å². The molecule has 16 heteroatoms. The maximum absolute atomic E-state index is 13.4. The lowest BCUT2D eigenvalue weighted by molar-refractivity contribution is -0.151. The minimum Gasteiger partial charge on any atom is -0.467 e. The number of piperidine rings is 1. The maximum atomic E-state index is 13.4. The van der Waals surface area contributed by atoms with Gasteiger partial charge in [0.05, 0.1) is 13.7 Å². The average Bonchev–Trinajstić information content (AvgIpc) is 3.51. The third-order valence-corrected chi connectivity index (χ3v) is 14.1. The molecular formula is C30H49N5O9SSi. The van der Waals surface area contributed by atoms with Crippen LogP contribution in [0.1, 0.15) is 63.9 Å². The number of rotatable bonds is 13. The number of nitrogens with zero attached hydrogens (tertiary/aromatic N) is 2. The lowest BCUT2D eigenvalue weighted by atomic mass is 9.95. The van der Waals surface area contributed by atoms with Crippen molar-refractivity contribution in [2.45, 2.75) is 89.6 Å². The number of ether oxygens (including phenoxy) is 3. The summed E-state index contributed by atoms with van der Waals surface area (Å²) in [6.07, 6.45) is 3.02. The minimum atomic E-state index is -2.33. The number of anilines is 1. The number of hydrogen-bond donors (Lipinski definition) is 3. The lowest BCUT2D eigenvalue weighted by Gasteiger charge is -2.37. The van der Waals surface area contributed by atoms with Crippen LogP contribution in [0.4, 0.5) is 5.13 Å². The van der Waals surface area contributed by atoms with E-state index in [4.69, 9.17) is 18.6 Å². The van der Waals surface area contributed by atoms with Crippen LogP contribution in [-0.2, 0) is 37.8 Å². The molecule has 1 aromatic rings. The Bertz CT molecular complexity index is 1220. The first-order valence-corrected chi connectivity index (χ1v) is 19.4. The molecular weight excluding hydrogens is 635 g/mol. The number of nitrogens with one attached hydrogen (secondary N) is 3. The van der Waals surface area contributed by atoms with Gasteiger partial charge in [-0.05, 0) is 43.8 Å². The largest absolute Gasteiger partial charge is 0.467 e. The first kappa shape index (κ1) is 37.4. The van der Waals surface area contributed by atoms with E-state index in [1.54, 1.807) is 5.38 Å². The molecule has 0 aromatic carbocycles. The quantitative estimate of drug-likeness (QED) is 0.205. The van der Waals surface area contributed by atoms with Crippen LogP contribution in [0.5, 0.6) is 0 Å². The fraction of sp³-hybridized carbons (Fsp3) is 0.733. The third-order valence-electron chi connectivity index (χ3n) is 8.72. The summed E-state index contributed by atoms with van der Waals surface area (Å²) in [5.74, 6) is -2.71. The molecule has 0 radical (unpaired) electrons. The van der Waals surface area contributed by atoms with Crippen LogP contribution in [0.15, 0.2) is 5.38 Å². The van der Waals surface area contributed by atoms with E-state index in [0.29, 0.717) is 44.3 Å². The molecule has 2 aliphatic heterocycles. The molecule has 3 rings (SSSR count). The van der Waals surface area contributed by atoms with Crippen molar-refractivity contribution >= 4 is 54.4 Å². The minimum absolute atomic E-state index is 0.0725. The van der Waals surface area contributed by atoms with Crippen LogP contribution in [0.3, 0.4) is 0 Å². The van der Waals surface area contributed by atoms with Gasteiger partial charge in [0.15, 0.2) is 19.5 Å². The van der Waals surface area contributed by atoms with Crippen LogP contribution in [-0.4, -0.2) is 108 Å². The molecule has 0 spiro atoms. The molecule has 258 valence electrons. The predicted octanol–water partition coefficient (Wildman–Crippen LogP) is 2.00. The molecule has 46 heavy (non-hydrogen) atoms. The second kappa shape index (κ2) is 16.7. The summed E-state index contributed by atoms with van der Waals surface area (Å²) in [7, 11) is -1.18. The number of aromatic nitrogens is 1. The Morgan fingerprint density at radius 2 is 1.70 bits per heavy atom. The molecule has 0 aliphatic carbocycles. The van der Waals surface area contributed by atoms with Crippen LogP contribution >= 0.6 is 11.3 Å². The van der Waals surface area contributed by atoms with Crippen molar-refractivity contribution < 1.29 is 42.6 Å². The third kappa shape index (κ3) is 10.7. The van der Waals surface area contributed by atoms with Gasteiger partial charge in [0.25, 0.3) is 5.91 Å². The van der Waals surface area contributed by atoms with Crippen molar-refractivity contribution in [3.63, 3.8) is 0 Å². The summed E-state index contributed by atoms with van der Waals surface area (Å²) in [6.45, 7) is 13.4. The maximum Gasteiger partial charge on any atom is 0.331 e. The molecule has 3 amide bonds. The molecule has 3 heterocycles. The Balaban J connectivity index is 1.65. The number of hydrogen-bond acceptors (Lipinski definition) is 12. The monoisotopic (exact) mass is 683 g/mol. The number of carbonyl (C=O) groups is 5. The highest BCUT2D eigenvalue weighted by molar-refractivity contribution is 7.13. The van der Waals surface area contributed by atoms with Gasteiger partial charge in [0.2, 0.25) is 11.8 Å². The van der Waals surface area contributed by atoms with Gasteiger partial charge in [-0.1, -0.05) is 20.8 Å². The topological polar surface area (TPSA) is 174 Å². The number of methoxy groups -OCH3 is 1. The van der Waals surface area contributed by atoms with Gasteiger partial charge in [0, 0.05) is 50.6 Å². The van der Waals surface area contributed by atoms with E-state index >= 15 is 0 Å². The van der Waals surface area contributed by atoms with Crippen molar-refractivity contribution in [3.05, 3.63) is 11.1 Å². The zero-order chi connectivity index (χ0) is 34.1. The Labute approximate surface area is 275 Å². The summed E-state index contributed by atoms with van der Waals surface area (Å²) >= 11 is 1.31. The first-order valence-electron chi connectivity index (χ1n) is 15.7. The van der Waals surface area contributed by atoms with Crippen LogP contribution in [0.25, 0.3) is 0 Å². The molecule has 3 N–H and O–H groups in total. The molecule has 2 fully saturated rings. The van der Waals surface area contributed by atoms with Crippen LogP contribution in [0.2, 0.25) is 18.1 Å². The van der Waals surface area contributed by atoms with Gasteiger partial charge in [-0.2, -0.15) is 0 Å². The summed E-state index contributed by atoms with van der Waals surface area (Å²) < 4.78 is 21.3. The van der Waals surface area contributed by atoms with E-state index in [-0.39, 0.29) is 35.2 Å². The van der Waals surface area contributed by atoms with Gasteiger partial charge in [-0.25, -0.2) is 9.78 Å². The van der Waals surface area contributed by atoms with E-state index in [1.165, 1.54) is 18.3 Å². The van der Waals surface area contributed by atoms with Gasteiger partial charge >= 0.3 is 11.9 Å². The van der Waals surface area contributed by atoms with Crippen LogP contribution < -0.4 is 20.9 Å². The number of esters is 2. The summed E-state index contributed by atoms with van der Waals surface area (Å²) in [5, 5.41) is 10.5. The Hall–Kier alpha value is -3.08. The molecule has 1 aromatic heterocycles. The van der Waals surface area contributed by atoms with Crippen molar-refractivity contribution in [2.75, 3.05) is 51.5 Å². The highest BCUT2D eigenvalue weighted by Gasteiger charge is 2.39. The Morgan fingerprint density at radius 3 is 2.28 bits per heavy atom. The Kier molecular flexibility index (Phi) is 13.5. The highest BCUT2D eigenvalue weighted by Crippen LogP contribution is 2.36. The predicted molar refractivity (Wildman–Crippen MR) is 174 cm³/mol. The fourth-order valence-corrected chi connectivity index (χ4v) is 6.59. The van der Waals surface area contributed by atoms with E-state index < -0.39 is 50.8 Å². The summed E-state index contributed by atoms with van der Waals surface area (Å²) in [5.41, 5.74) is 0.133. The molecule has 14 nitrogen and oxygen atoms in total. The van der Waals surface area contributed by atoms with Crippen molar-refractivity contribution in [2.24, 2.45) is 5.92 Å². The Morgan fingerprint density at radius 1 is 1.04 bits per heavy atom. The number of thiazole rings is 1. The average molecular weight is 684 g/mol. The molecule has 2 saturated heterocycles. The number of amides is 3. The molecule has 0 saturated carbocycles.